The maximum atomic E-state index is 10.4. The van der Waals surface area contributed by atoms with Crippen molar-refractivity contribution in [1.29, 1.82) is 0 Å². The Kier molecular flexibility index (Phi) is 3.63. The molecule has 0 aromatic heterocycles. The largest absolute Gasteiger partial charge is 0.483 e. The highest BCUT2D eigenvalue weighted by Crippen LogP contribution is 2.41. The first-order chi connectivity index (χ1) is 7.48. The molecule has 1 heterocycles. The van der Waals surface area contributed by atoms with E-state index in [-0.39, 0.29) is 17.7 Å². The molecule has 0 amide bonds. The monoisotopic (exact) mass is 240 g/mol. The highest BCUT2D eigenvalue weighted by Gasteiger charge is 2.32. The Bertz CT molecular complexity index is 425. The summed E-state index contributed by atoms with van der Waals surface area (Å²) in [7, 11) is 0. The molecule has 0 fully saturated rings. The number of rotatable bonds is 3. The van der Waals surface area contributed by atoms with E-state index < -0.39 is 5.97 Å². The zero-order valence-electron chi connectivity index (χ0n) is 9.82. The topological polar surface area (TPSA) is 87.3 Å². The standard InChI is InChI=1S/C12H14O4.H2O/c1-12(2)6-8-4-3-5-9(11(8)16-12)15-7-10(13)14;/h3-5H,6-7H2,1-2H3,(H,13,14);1H2. The van der Waals surface area contributed by atoms with Crippen LogP contribution in [0.1, 0.15) is 19.4 Å². The van der Waals surface area contributed by atoms with Gasteiger partial charge in [-0.3, -0.25) is 0 Å². The molecule has 2 rings (SSSR count). The number of carboxylic acids is 1. The number of fused-ring (bicyclic) bond motifs is 1. The lowest BCUT2D eigenvalue weighted by molar-refractivity contribution is -0.139. The Hall–Kier alpha value is -1.75. The van der Waals surface area contributed by atoms with E-state index in [1.54, 1.807) is 6.07 Å². The second kappa shape index (κ2) is 4.63. The molecule has 0 bridgehead atoms. The molecule has 0 saturated carbocycles. The van der Waals surface area contributed by atoms with Gasteiger partial charge in [0.1, 0.15) is 5.60 Å². The first kappa shape index (κ1) is 13.3. The molecule has 1 aromatic carbocycles. The molecule has 0 aliphatic carbocycles. The van der Waals surface area contributed by atoms with Gasteiger partial charge in [0.05, 0.1) is 0 Å². The molecule has 0 unspecified atom stereocenters. The van der Waals surface area contributed by atoms with Crippen LogP contribution in [-0.4, -0.2) is 28.8 Å². The molecule has 0 saturated heterocycles. The Labute approximate surface area is 99.3 Å². The number of carboxylic acid groups (broad SMARTS) is 1. The van der Waals surface area contributed by atoms with Crippen LogP contribution < -0.4 is 9.47 Å². The molecule has 5 nitrogen and oxygen atoms in total. The predicted molar refractivity (Wildman–Crippen MR) is 61.6 cm³/mol. The zero-order chi connectivity index (χ0) is 11.8. The third-order valence-corrected chi connectivity index (χ3v) is 2.41. The van der Waals surface area contributed by atoms with E-state index in [0.29, 0.717) is 11.5 Å². The highest BCUT2D eigenvalue weighted by atomic mass is 16.5. The van der Waals surface area contributed by atoms with E-state index in [0.717, 1.165) is 12.0 Å². The van der Waals surface area contributed by atoms with Crippen molar-refractivity contribution in [1.82, 2.24) is 0 Å². The summed E-state index contributed by atoms with van der Waals surface area (Å²) < 4.78 is 10.9. The van der Waals surface area contributed by atoms with Crippen molar-refractivity contribution in [2.24, 2.45) is 0 Å². The van der Waals surface area contributed by atoms with Crippen LogP contribution >= 0.6 is 0 Å². The summed E-state index contributed by atoms with van der Waals surface area (Å²) in [6.45, 7) is 3.64. The van der Waals surface area contributed by atoms with Crippen molar-refractivity contribution in [3.8, 4) is 11.5 Å². The lowest BCUT2D eigenvalue weighted by atomic mass is 10.0. The molecule has 5 heteroatoms. The normalized spacial score (nSPS) is 15.4. The van der Waals surface area contributed by atoms with E-state index in [1.165, 1.54) is 0 Å². The summed E-state index contributed by atoms with van der Waals surface area (Å²) in [6, 6.07) is 5.54. The zero-order valence-corrected chi connectivity index (χ0v) is 9.82. The Morgan fingerprint density at radius 3 is 2.88 bits per heavy atom. The quantitative estimate of drug-likeness (QED) is 0.855. The van der Waals surface area contributed by atoms with Crippen LogP contribution in [0.5, 0.6) is 11.5 Å². The average molecular weight is 240 g/mol. The second-order valence-electron chi connectivity index (χ2n) is 4.47. The lowest BCUT2D eigenvalue weighted by Crippen LogP contribution is -2.24. The number of benzene rings is 1. The maximum absolute atomic E-state index is 10.4. The van der Waals surface area contributed by atoms with Gasteiger partial charge in [0.2, 0.25) is 0 Å². The Morgan fingerprint density at radius 2 is 2.24 bits per heavy atom. The fraction of sp³-hybridized carbons (Fsp3) is 0.417. The molecule has 0 radical (unpaired) electrons. The summed E-state index contributed by atoms with van der Waals surface area (Å²) in [5.74, 6) is 0.189. The van der Waals surface area contributed by atoms with Gasteiger partial charge in [-0.25, -0.2) is 4.79 Å². The summed E-state index contributed by atoms with van der Waals surface area (Å²) in [5, 5.41) is 8.56. The summed E-state index contributed by atoms with van der Waals surface area (Å²) in [4.78, 5) is 10.4. The fourth-order valence-electron chi connectivity index (χ4n) is 1.84. The predicted octanol–water partition coefficient (Wildman–Crippen LogP) is 1.04. The van der Waals surface area contributed by atoms with Crippen LogP contribution in [0.2, 0.25) is 0 Å². The minimum Gasteiger partial charge on any atom is -0.483 e. The smallest absolute Gasteiger partial charge is 0.341 e. The number of carbonyl (C=O) groups is 1. The summed E-state index contributed by atoms with van der Waals surface area (Å²) >= 11 is 0. The van der Waals surface area contributed by atoms with Gasteiger partial charge in [-0.2, -0.15) is 0 Å². The summed E-state index contributed by atoms with van der Waals surface area (Å²) in [5.41, 5.74) is 0.818. The molecule has 94 valence electrons. The molecule has 17 heavy (non-hydrogen) atoms. The average Bonchev–Trinajstić information content (AvgIpc) is 2.48. The van der Waals surface area contributed by atoms with Gasteiger partial charge in [-0.15, -0.1) is 0 Å². The molecule has 0 spiro atoms. The molecular formula is C12H16O5. The number of para-hydroxylation sites is 1. The van der Waals surface area contributed by atoms with E-state index in [9.17, 15) is 4.79 Å². The van der Waals surface area contributed by atoms with Gasteiger partial charge in [-0.05, 0) is 19.9 Å². The van der Waals surface area contributed by atoms with Crippen molar-refractivity contribution in [3.05, 3.63) is 23.8 Å². The van der Waals surface area contributed by atoms with E-state index in [2.05, 4.69) is 0 Å². The first-order valence-corrected chi connectivity index (χ1v) is 5.13. The fourth-order valence-corrected chi connectivity index (χ4v) is 1.84. The van der Waals surface area contributed by atoms with Gasteiger partial charge >= 0.3 is 5.97 Å². The van der Waals surface area contributed by atoms with Crippen LogP contribution in [0.4, 0.5) is 0 Å². The molecule has 0 atom stereocenters. The molecule has 1 aliphatic heterocycles. The molecule has 1 aliphatic rings. The third-order valence-electron chi connectivity index (χ3n) is 2.41. The van der Waals surface area contributed by atoms with Crippen molar-refractivity contribution < 1.29 is 24.9 Å². The molecular weight excluding hydrogens is 224 g/mol. The van der Waals surface area contributed by atoms with Crippen LogP contribution in [0.15, 0.2) is 18.2 Å². The van der Waals surface area contributed by atoms with Crippen LogP contribution in [0, 0.1) is 0 Å². The second-order valence-corrected chi connectivity index (χ2v) is 4.47. The highest BCUT2D eigenvalue weighted by molar-refractivity contribution is 5.68. The molecule has 3 N–H and O–H groups in total. The number of ether oxygens (including phenoxy) is 2. The van der Waals surface area contributed by atoms with Gasteiger partial charge in [-0.1, -0.05) is 12.1 Å². The van der Waals surface area contributed by atoms with Crippen molar-refractivity contribution in [2.45, 2.75) is 25.9 Å². The summed E-state index contributed by atoms with van der Waals surface area (Å²) in [6.07, 6.45) is 0.812. The third kappa shape index (κ3) is 2.88. The SMILES string of the molecule is CC1(C)Cc2cccc(OCC(=O)O)c2O1.O. The van der Waals surface area contributed by atoms with Gasteiger partial charge in [0, 0.05) is 12.0 Å². The van der Waals surface area contributed by atoms with Crippen molar-refractivity contribution in [2.75, 3.05) is 6.61 Å². The van der Waals surface area contributed by atoms with Crippen LogP contribution in [0.25, 0.3) is 0 Å². The Morgan fingerprint density at radius 1 is 1.53 bits per heavy atom. The maximum Gasteiger partial charge on any atom is 0.341 e. The van der Waals surface area contributed by atoms with Crippen molar-refractivity contribution in [3.63, 3.8) is 0 Å². The van der Waals surface area contributed by atoms with Crippen LogP contribution in [0.3, 0.4) is 0 Å². The van der Waals surface area contributed by atoms with Gasteiger partial charge in [0.15, 0.2) is 18.1 Å². The van der Waals surface area contributed by atoms with E-state index in [1.807, 2.05) is 26.0 Å². The van der Waals surface area contributed by atoms with Gasteiger partial charge < -0.3 is 20.1 Å². The minimum atomic E-state index is -0.991. The minimum absolute atomic E-state index is 0. The van der Waals surface area contributed by atoms with Crippen LogP contribution in [-0.2, 0) is 11.2 Å². The van der Waals surface area contributed by atoms with Gasteiger partial charge in [0.25, 0.3) is 0 Å². The number of aliphatic carboxylic acids is 1. The Balaban J connectivity index is 0.00000144. The van der Waals surface area contributed by atoms with E-state index in [4.69, 9.17) is 14.6 Å². The first-order valence-electron chi connectivity index (χ1n) is 5.13. The molecule has 1 aromatic rings. The number of hydrogen-bond donors (Lipinski definition) is 1. The van der Waals surface area contributed by atoms with E-state index >= 15 is 0 Å². The number of hydrogen-bond acceptors (Lipinski definition) is 3. The lowest BCUT2D eigenvalue weighted by Gasteiger charge is -2.17. The van der Waals surface area contributed by atoms with Crippen molar-refractivity contribution >= 4 is 5.97 Å².